The van der Waals surface area contributed by atoms with Crippen LogP contribution in [0.2, 0.25) is 0 Å². The number of amides is 1. The predicted octanol–water partition coefficient (Wildman–Crippen LogP) is 1.08. The molecule has 0 saturated carbocycles. The Morgan fingerprint density at radius 1 is 1.38 bits per heavy atom. The molecule has 9 nitrogen and oxygen atoms in total. The van der Waals surface area contributed by atoms with E-state index < -0.39 is 0 Å². The summed E-state index contributed by atoms with van der Waals surface area (Å²) in [5.41, 5.74) is 0.329. The number of aryl methyl sites for hydroxylation is 1. The molecule has 0 bridgehead atoms. The molecule has 0 spiro atoms. The number of aromatic nitrogens is 5. The van der Waals surface area contributed by atoms with Crippen LogP contribution in [0.4, 0.5) is 5.95 Å². The van der Waals surface area contributed by atoms with Gasteiger partial charge < -0.3 is 4.74 Å². The van der Waals surface area contributed by atoms with Crippen LogP contribution < -0.4 is 10.9 Å². The number of hydrogen-bond acceptors (Lipinski definition) is 6. The molecular formula is C17H18N6O3. The molecule has 0 radical (unpaired) electrons. The zero-order chi connectivity index (χ0) is 18.1. The minimum atomic E-state index is -0.306. The first-order valence-corrected chi connectivity index (χ1v) is 8.40. The second kappa shape index (κ2) is 6.68. The Balaban J connectivity index is 1.53. The van der Waals surface area contributed by atoms with Crippen molar-refractivity contribution in [1.29, 1.82) is 0 Å². The molecule has 1 saturated heterocycles. The van der Waals surface area contributed by atoms with Crippen LogP contribution in [0.3, 0.4) is 0 Å². The molecular weight excluding hydrogens is 336 g/mol. The van der Waals surface area contributed by atoms with Crippen molar-refractivity contribution in [3.8, 4) is 0 Å². The number of H-pyrrole nitrogens is 1. The van der Waals surface area contributed by atoms with Crippen LogP contribution >= 0.6 is 0 Å². The van der Waals surface area contributed by atoms with Gasteiger partial charge >= 0.3 is 0 Å². The molecule has 0 aliphatic carbocycles. The van der Waals surface area contributed by atoms with Crippen LogP contribution in [0.1, 0.15) is 30.5 Å². The maximum Gasteiger partial charge on any atom is 0.274 e. The van der Waals surface area contributed by atoms with Gasteiger partial charge in [0.25, 0.3) is 5.56 Å². The lowest BCUT2D eigenvalue weighted by atomic mass is 10.1. The molecule has 1 atom stereocenters. The summed E-state index contributed by atoms with van der Waals surface area (Å²) in [5.74, 6) is 0.511. The summed E-state index contributed by atoms with van der Waals surface area (Å²) in [6, 6.07) is 7.11. The fourth-order valence-electron chi connectivity index (χ4n) is 3.09. The summed E-state index contributed by atoms with van der Waals surface area (Å²) in [4.78, 5) is 28.8. The molecule has 1 fully saturated rings. The number of benzene rings is 1. The van der Waals surface area contributed by atoms with Crippen molar-refractivity contribution in [3.63, 3.8) is 0 Å². The van der Waals surface area contributed by atoms with Gasteiger partial charge in [-0.3, -0.25) is 20.0 Å². The zero-order valence-electron chi connectivity index (χ0n) is 14.2. The number of anilines is 1. The van der Waals surface area contributed by atoms with E-state index in [9.17, 15) is 9.59 Å². The molecule has 1 amide bonds. The fourth-order valence-corrected chi connectivity index (χ4v) is 3.09. The van der Waals surface area contributed by atoms with Gasteiger partial charge in [-0.2, -0.15) is 10.1 Å². The van der Waals surface area contributed by atoms with Crippen LogP contribution in [-0.4, -0.2) is 37.5 Å². The number of aromatic amines is 1. The van der Waals surface area contributed by atoms with E-state index in [1.165, 1.54) is 4.68 Å². The summed E-state index contributed by atoms with van der Waals surface area (Å²) < 4.78 is 6.78. The Labute approximate surface area is 148 Å². The minimum Gasteiger partial charge on any atom is -0.370 e. The Bertz CT molecular complexity index is 1020. The lowest BCUT2D eigenvalue weighted by Gasteiger charge is -2.07. The molecule has 4 rings (SSSR count). The largest absolute Gasteiger partial charge is 0.370 e. The Morgan fingerprint density at radius 2 is 2.19 bits per heavy atom. The Hall–Kier alpha value is -3.07. The normalized spacial score (nSPS) is 16.9. The van der Waals surface area contributed by atoms with Gasteiger partial charge in [0, 0.05) is 19.0 Å². The molecule has 2 N–H and O–H groups in total. The van der Waals surface area contributed by atoms with Gasteiger partial charge in [-0.05, 0) is 18.9 Å². The highest BCUT2D eigenvalue weighted by Gasteiger charge is 2.22. The highest BCUT2D eigenvalue weighted by Crippen LogP contribution is 2.26. The molecule has 2 aromatic heterocycles. The van der Waals surface area contributed by atoms with E-state index in [0.717, 1.165) is 12.8 Å². The number of ether oxygens (including phenoxy) is 1. The van der Waals surface area contributed by atoms with E-state index in [2.05, 4.69) is 25.6 Å². The summed E-state index contributed by atoms with van der Waals surface area (Å²) >= 11 is 0. The van der Waals surface area contributed by atoms with E-state index in [1.807, 2.05) is 6.07 Å². The van der Waals surface area contributed by atoms with E-state index in [-0.39, 0.29) is 29.9 Å². The molecule has 134 valence electrons. The lowest BCUT2D eigenvalue weighted by molar-refractivity contribution is -0.115. The second-order valence-corrected chi connectivity index (χ2v) is 6.19. The first-order valence-electron chi connectivity index (χ1n) is 8.40. The molecule has 9 heteroatoms. The average Bonchev–Trinajstić information content (AvgIpc) is 3.31. The van der Waals surface area contributed by atoms with Gasteiger partial charge in [0.05, 0.1) is 17.5 Å². The van der Waals surface area contributed by atoms with Gasteiger partial charge in [0.1, 0.15) is 6.10 Å². The molecule has 3 heterocycles. The number of carbonyl (C=O) groups excluding carboxylic acids is 1. The highest BCUT2D eigenvalue weighted by atomic mass is 16.5. The van der Waals surface area contributed by atoms with Gasteiger partial charge in [-0.15, -0.1) is 5.10 Å². The van der Waals surface area contributed by atoms with Gasteiger partial charge in [-0.25, -0.2) is 4.68 Å². The van der Waals surface area contributed by atoms with Gasteiger partial charge in [0.15, 0.2) is 5.82 Å². The van der Waals surface area contributed by atoms with Crippen LogP contribution in [0, 0.1) is 0 Å². The number of carbonyl (C=O) groups is 1. The third kappa shape index (κ3) is 3.08. The molecule has 1 aliphatic heterocycles. The molecule has 26 heavy (non-hydrogen) atoms. The van der Waals surface area contributed by atoms with Crippen LogP contribution in [0.5, 0.6) is 0 Å². The standard InChI is InChI=1S/C17H18N6O3/c1-23-16(25)11-6-3-2-5-10(11)12(22-23)9-14(24)18-17-19-15(20-21-17)13-7-4-8-26-13/h2-3,5-6,13H,4,7-9H2,1H3,(H2,18,19,20,21,24)/t13-/m0/s1. The maximum atomic E-state index is 12.4. The Kier molecular flexibility index (Phi) is 4.21. The number of nitrogens with zero attached hydrogens (tertiary/aromatic N) is 4. The number of fused-ring (bicyclic) bond motifs is 1. The summed E-state index contributed by atoms with van der Waals surface area (Å²) in [7, 11) is 1.57. The van der Waals surface area contributed by atoms with Gasteiger partial charge in [0.2, 0.25) is 11.9 Å². The first kappa shape index (κ1) is 16.4. The number of rotatable bonds is 4. The highest BCUT2D eigenvalue weighted by molar-refractivity contribution is 5.94. The van der Waals surface area contributed by atoms with Crippen molar-refractivity contribution < 1.29 is 9.53 Å². The van der Waals surface area contributed by atoms with Gasteiger partial charge in [-0.1, -0.05) is 18.2 Å². The smallest absolute Gasteiger partial charge is 0.274 e. The van der Waals surface area contributed by atoms with Crippen molar-refractivity contribution >= 4 is 22.6 Å². The SMILES string of the molecule is Cn1nc(CC(=O)Nc2n[nH]c([C@@H]3CCCO3)n2)c2ccccc2c1=O. The minimum absolute atomic E-state index is 0.0123. The maximum absolute atomic E-state index is 12.4. The first-order chi connectivity index (χ1) is 12.6. The summed E-state index contributed by atoms with van der Waals surface area (Å²) in [5, 5.41) is 14.9. The topological polar surface area (TPSA) is 115 Å². The van der Waals surface area contributed by atoms with Crippen molar-refractivity contribution in [3.05, 3.63) is 46.1 Å². The lowest BCUT2D eigenvalue weighted by Crippen LogP contribution is -2.24. The van der Waals surface area contributed by atoms with Crippen molar-refractivity contribution in [2.75, 3.05) is 11.9 Å². The van der Waals surface area contributed by atoms with E-state index in [4.69, 9.17) is 4.74 Å². The molecule has 3 aromatic rings. The van der Waals surface area contributed by atoms with Crippen molar-refractivity contribution in [2.45, 2.75) is 25.4 Å². The van der Waals surface area contributed by atoms with Crippen LogP contribution in [0.15, 0.2) is 29.1 Å². The second-order valence-electron chi connectivity index (χ2n) is 6.19. The third-order valence-electron chi connectivity index (χ3n) is 4.35. The zero-order valence-corrected chi connectivity index (χ0v) is 14.2. The number of hydrogen-bond donors (Lipinski definition) is 2. The van der Waals surface area contributed by atoms with Crippen molar-refractivity contribution in [2.24, 2.45) is 7.05 Å². The molecule has 1 aliphatic rings. The Morgan fingerprint density at radius 3 is 2.96 bits per heavy atom. The van der Waals surface area contributed by atoms with E-state index >= 15 is 0 Å². The predicted molar refractivity (Wildman–Crippen MR) is 93.6 cm³/mol. The quantitative estimate of drug-likeness (QED) is 0.725. The third-order valence-corrected chi connectivity index (χ3v) is 4.35. The molecule has 0 unspecified atom stereocenters. The monoisotopic (exact) mass is 354 g/mol. The summed E-state index contributed by atoms with van der Waals surface area (Å²) in [6.07, 6.45) is 1.79. The van der Waals surface area contributed by atoms with E-state index in [1.54, 1.807) is 25.2 Å². The molecule has 1 aromatic carbocycles. The van der Waals surface area contributed by atoms with Crippen LogP contribution in [0.25, 0.3) is 10.8 Å². The fraction of sp³-hybridized carbons (Fsp3) is 0.353. The summed E-state index contributed by atoms with van der Waals surface area (Å²) in [6.45, 7) is 0.707. The van der Waals surface area contributed by atoms with Crippen molar-refractivity contribution in [1.82, 2.24) is 25.0 Å². The number of nitrogens with one attached hydrogen (secondary N) is 2. The van der Waals surface area contributed by atoms with Crippen LogP contribution in [-0.2, 0) is 23.0 Å². The average molecular weight is 354 g/mol. The van der Waals surface area contributed by atoms with E-state index in [0.29, 0.717) is 28.9 Å².